The number of carbonyl (C=O) groups is 2. The summed E-state index contributed by atoms with van der Waals surface area (Å²) in [5.41, 5.74) is 1.47. The molecule has 134 valence electrons. The van der Waals surface area contributed by atoms with Crippen LogP contribution < -0.4 is 15.5 Å². The van der Waals surface area contributed by atoms with E-state index in [1.807, 2.05) is 6.92 Å². The maximum atomic E-state index is 12.7. The zero-order valence-corrected chi connectivity index (χ0v) is 14.7. The van der Waals surface area contributed by atoms with E-state index in [1.165, 1.54) is 0 Å². The third kappa shape index (κ3) is 3.65. The molecule has 0 spiro atoms. The van der Waals surface area contributed by atoms with Gasteiger partial charge in [-0.15, -0.1) is 0 Å². The van der Waals surface area contributed by atoms with Gasteiger partial charge in [-0.1, -0.05) is 6.92 Å². The second-order valence-electron chi connectivity index (χ2n) is 6.15. The molecular formula is C16H23N7O2. The molecule has 0 bridgehead atoms. The van der Waals surface area contributed by atoms with Crippen LogP contribution >= 0.6 is 0 Å². The Kier molecular flexibility index (Phi) is 4.73. The number of carbonyl (C=O) groups excluding carboxylic acids is 2. The number of aryl methyl sites for hydroxylation is 3. The highest BCUT2D eigenvalue weighted by molar-refractivity contribution is 6.00. The van der Waals surface area contributed by atoms with Crippen LogP contribution in [0.15, 0.2) is 18.5 Å². The molecule has 1 aliphatic heterocycles. The van der Waals surface area contributed by atoms with Crippen LogP contribution in [0.2, 0.25) is 0 Å². The first-order valence-corrected chi connectivity index (χ1v) is 8.39. The van der Waals surface area contributed by atoms with E-state index >= 15 is 0 Å². The Morgan fingerprint density at radius 2 is 2.12 bits per heavy atom. The molecule has 1 fully saturated rings. The average Bonchev–Trinajstić information content (AvgIpc) is 3.15. The quantitative estimate of drug-likeness (QED) is 0.865. The molecular weight excluding hydrogens is 322 g/mol. The van der Waals surface area contributed by atoms with Gasteiger partial charge < -0.3 is 10.6 Å². The molecule has 0 unspecified atom stereocenters. The number of piperidine rings is 1. The third-order valence-corrected chi connectivity index (χ3v) is 4.21. The van der Waals surface area contributed by atoms with Crippen molar-refractivity contribution in [2.45, 2.75) is 32.2 Å². The van der Waals surface area contributed by atoms with Crippen LogP contribution in [-0.4, -0.2) is 44.1 Å². The summed E-state index contributed by atoms with van der Waals surface area (Å²) in [6.45, 7) is 2.58. The highest BCUT2D eigenvalue weighted by Crippen LogP contribution is 2.19. The topological polar surface area (TPSA) is 97.1 Å². The number of anilines is 2. The number of nitrogens with one attached hydrogen (secondary N) is 2. The summed E-state index contributed by atoms with van der Waals surface area (Å²) >= 11 is 0. The lowest BCUT2D eigenvalue weighted by atomic mass is 10.1. The van der Waals surface area contributed by atoms with Gasteiger partial charge in [0.1, 0.15) is 6.04 Å². The Balaban J connectivity index is 1.65. The number of hydrogen-bond donors (Lipinski definition) is 2. The first kappa shape index (κ1) is 17.0. The fourth-order valence-corrected chi connectivity index (χ4v) is 3.00. The smallest absolute Gasteiger partial charge is 0.319 e. The zero-order chi connectivity index (χ0) is 18.0. The molecule has 9 nitrogen and oxygen atoms in total. The minimum atomic E-state index is -0.558. The minimum absolute atomic E-state index is 0.137. The van der Waals surface area contributed by atoms with Crippen LogP contribution in [0.25, 0.3) is 0 Å². The van der Waals surface area contributed by atoms with E-state index in [9.17, 15) is 9.59 Å². The standard InChI is InChI=1S/C16H23N7O2/c1-4-11-13(10-22(3)19-11)18-16(25)17-12-6-5-8-23(15(12)24)14-7-9-21(2)20-14/h7,9-10,12H,4-6,8H2,1-3H3,(H2,17,18,25)/t12-/m1/s1. The second-order valence-corrected chi connectivity index (χ2v) is 6.15. The van der Waals surface area contributed by atoms with Gasteiger partial charge >= 0.3 is 6.03 Å². The maximum absolute atomic E-state index is 12.7. The SMILES string of the molecule is CCc1nn(C)cc1NC(=O)N[C@@H]1CCCN(c2ccn(C)n2)C1=O. The first-order chi connectivity index (χ1) is 12.0. The van der Waals surface area contributed by atoms with Gasteiger partial charge in [-0.25, -0.2) is 4.79 Å². The molecule has 2 N–H and O–H groups in total. The molecule has 2 aromatic rings. The Bertz CT molecular complexity index is 779. The van der Waals surface area contributed by atoms with Gasteiger partial charge in [0.05, 0.1) is 11.4 Å². The van der Waals surface area contributed by atoms with Crippen molar-refractivity contribution in [3.05, 3.63) is 24.2 Å². The van der Waals surface area contributed by atoms with Crippen molar-refractivity contribution in [1.29, 1.82) is 0 Å². The van der Waals surface area contributed by atoms with Crippen molar-refractivity contribution in [3.8, 4) is 0 Å². The number of aromatic nitrogens is 4. The molecule has 1 saturated heterocycles. The lowest BCUT2D eigenvalue weighted by Crippen LogP contribution is -2.53. The van der Waals surface area contributed by atoms with Crippen LogP contribution in [0.5, 0.6) is 0 Å². The van der Waals surface area contributed by atoms with Crippen LogP contribution in [0.4, 0.5) is 16.3 Å². The van der Waals surface area contributed by atoms with Gasteiger partial charge in [0.15, 0.2) is 5.82 Å². The Labute approximate surface area is 146 Å². The molecule has 0 aromatic carbocycles. The fraction of sp³-hybridized carbons (Fsp3) is 0.500. The normalized spacial score (nSPS) is 17.6. The summed E-state index contributed by atoms with van der Waals surface area (Å²) < 4.78 is 3.31. The molecule has 1 atom stereocenters. The fourth-order valence-electron chi connectivity index (χ4n) is 3.00. The van der Waals surface area contributed by atoms with Gasteiger partial charge in [-0.2, -0.15) is 10.2 Å². The monoisotopic (exact) mass is 345 g/mol. The lowest BCUT2D eigenvalue weighted by molar-refractivity contribution is -0.121. The second kappa shape index (κ2) is 6.96. The molecule has 3 amide bonds. The summed E-state index contributed by atoms with van der Waals surface area (Å²) in [4.78, 5) is 26.6. The summed E-state index contributed by atoms with van der Waals surface area (Å²) in [5, 5.41) is 14.1. The number of rotatable bonds is 4. The largest absolute Gasteiger partial charge is 0.326 e. The molecule has 2 aromatic heterocycles. The van der Waals surface area contributed by atoms with Crippen molar-refractivity contribution < 1.29 is 9.59 Å². The summed E-state index contributed by atoms with van der Waals surface area (Å²) in [5.74, 6) is 0.474. The molecule has 3 rings (SSSR count). The van der Waals surface area contributed by atoms with Crippen molar-refractivity contribution in [2.24, 2.45) is 14.1 Å². The summed E-state index contributed by atoms with van der Waals surface area (Å²) in [6.07, 6.45) is 5.68. The van der Waals surface area contributed by atoms with E-state index in [1.54, 1.807) is 46.8 Å². The van der Waals surface area contributed by atoms with Crippen molar-refractivity contribution in [3.63, 3.8) is 0 Å². The van der Waals surface area contributed by atoms with Crippen LogP contribution in [0.1, 0.15) is 25.5 Å². The van der Waals surface area contributed by atoms with Gasteiger partial charge in [-0.3, -0.25) is 19.1 Å². The van der Waals surface area contributed by atoms with Gasteiger partial charge in [0.2, 0.25) is 0 Å². The molecule has 9 heteroatoms. The highest BCUT2D eigenvalue weighted by atomic mass is 16.2. The van der Waals surface area contributed by atoms with Crippen LogP contribution in [0.3, 0.4) is 0 Å². The Morgan fingerprint density at radius 1 is 1.32 bits per heavy atom. The van der Waals surface area contributed by atoms with E-state index < -0.39 is 12.1 Å². The Hall–Kier alpha value is -2.84. The summed E-state index contributed by atoms with van der Waals surface area (Å²) in [7, 11) is 3.61. The molecule has 0 radical (unpaired) electrons. The van der Waals surface area contributed by atoms with E-state index in [-0.39, 0.29) is 5.91 Å². The molecule has 0 aliphatic carbocycles. The van der Waals surface area contributed by atoms with Crippen LogP contribution in [0, 0.1) is 0 Å². The predicted molar refractivity (Wildman–Crippen MR) is 93.3 cm³/mol. The average molecular weight is 345 g/mol. The van der Waals surface area contributed by atoms with E-state index in [2.05, 4.69) is 20.8 Å². The van der Waals surface area contributed by atoms with Crippen molar-refractivity contribution in [2.75, 3.05) is 16.8 Å². The number of urea groups is 1. The molecule has 3 heterocycles. The number of nitrogens with zero attached hydrogens (tertiary/aromatic N) is 5. The van der Waals surface area contributed by atoms with Crippen molar-refractivity contribution in [1.82, 2.24) is 24.9 Å². The molecule has 25 heavy (non-hydrogen) atoms. The maximum Gasteiger partial charge on any atom is 0.319 e. The zero-order valence-electron chi connectivity index (χ0n) is 14.7. The van der Waals surface area contributed by atoms with Gasteiger partial charge in [0, 0.05) is 39.1 Å². The van der Waals surface area contributed by atoms with Gasteiger partial charge in [0.25, 0.3) is 5.91 Å². The van der Waals surface area contributed by atoms with Crippen molar-refractivity contribution >= 4 is 23.4 Å². The van der Waals surface area contributed by atoms with Gasteiger partial charge in [-0.05, 0) is 19.3 Å². The Morgan fingerprint density at radius 3 is 2.80 bits per heavy atom. The van der Waals surface area contributed by atoms with E-state index in [0.29, 0.717) is 30.9 Å². The van der Waals surface area contributed by atoms with E-state index in [0.717, 1.165) is 12.1 Å². The predicted octanol–water partition coefficient (Wildman–Crippen LogP) is 1.03. The first-order valence-electron chi connectivity index (χ1n) is 8.39. The number of hydrogen-bond acceptors (Lipinski definition) is 4. The summed E-state index contributed by atoms with van der Waals surface area (Å²) in [6, 6.07) is 0.838. The molecule has 0 saturated carbocycles. The number of amides is 3. The highest BCUT2D eigenvalue weighted by Gasteiger charge is 2.32. The minimum Gasteiger partial charge on any atom is -0.326 e. The molecule has 1 aliphatic rings. The van der Waals surface area contributed by atoms with Crippen LogP contribution in [-0.2, 0) is 25.3 Å². The lowest BCUT2D eigenvalue weighted by Gasteiger charge is -2.31. The third-order valence-electron chi connectivity index (χ3n) is 4.21. The van der Waals surface area contributed by atoms with E-state index in [4.69, 9.17) is 0 Å².